The summed E-state index contributed by atoms with van der Waals surface area (Å²) in [6.45, 7) is 5.71. The van der Waals surface area contributed by atoms with Crippen molar-refractivity contribution in [2.75, 3.05) is 51.0 Å². The van der Waals surface area contributed by atoms with E-state index >= 15 is 0 Å². The van der Waals surface area contributed by atoms with Gasteiger partial charge in [0.15, 0.2) is 0 Å². The van der Waals surface area contributed by atoms with E-state index in [-0.39, 0.29) is 0 Å². The molecule has 0 aromatic heterocycles. The fraction of sp³-hybridized carbons (Fsp3) is 0.625. The fourth-order valence-electron chi connectivity index (χ4n) is 4.02. The molecule has 3 heterocycles. The van der Waals surface area contributed by atoms with E-state index in [0.29, 0.717) is 6.04 Å². The average molecular weight is 320 g/mol. The molecule has 120 valence electrons. The molecular weight excluding hydrogens is 295 g/mol. The Hall–Kier alpha value is -0.870. The summed E-state index contributed by atoms with van der Waals surface area (Å²) in [4.78, 5) is 2.33. The molecule has 3 saturated heterocycles. The van der Waals surface area contributed by atoms with E-state index in [1.807, 2.05) is 18.2 Å². The average Bonchev–Trinajstić information content (AvgIpc) is 3.11. The van der Waals surface area contributed by atoms with Crippen LogP contribution in [0.2, 0.25) is 0 Å². The van der Waals surface area contributed by atoms with Crippen molar-refractivity contribution >= 4 is 13.3 Å². The van der Waals surface area contributed by atoms with Crippen LogP contribution in [0.15, 0.2) is 30.3 Å². The standard InChI is InChI=1S/C16H25N4OP/c1-17-10-12-18(13-11-17)22(21)19-9-5-8-16(19)14-20(22)15-6-3-2-4-7-15/h2-4,6-7,16H,5,8-14H2,1H3/t16-,22+/m0/s1. The Morgan fingerprint density at radius 1 is 1.05 bits per heavy atom. The number of para-hydroxylation sites is 1. The van der Waals surface area contributed by atoms with Gasteiger partial charge in [0.25, 0.3) is 0 Å². The summed E-state index contributed by atoms with van der Waals surface area (Å²) >= 11 is 0. The van der Waals surface area contributed by atoms with E-state index in [1.54, 1.807) is 0 Å². The summed E-state index contributed by atoms with van der Waals surface area (Å²) in [5.74, 6) is 0. The monoisotopic (exact) mass is 320 g/mol. The quantitative estimate of drug-likeness (QED) is 0.781. The van der Waals surface area contributed by atoms with Gasteiger partial charge in [0.1, 0.15) is 0 Å². The third-order valence-electron chi connectivity index (χ3n) is 5.28. The van der Waals surface area contributed by atoms with Crippen molar-refractivity contribution in [3.05, 3.63) is 30.3 Å². The molecule has 3 aliphatic heterocycles. The van der Waals surface area contributed by atoms with Crippen molar-refractivity contribution in [1.29, 1.82) is 0 Å². The lowest BCUT2D eigenvalue weighted by molar-refractivity contribution is 0.211. The Bertz CT molecular complexity index is 573. The normalized spacial score (nSPS) is 34.2. The van der Waals surface area contributed by atoms with Gasteiger partial charge in [-0.2, -0.15) is 0 Å². The highest BCUT2D eigenvalue weighted by Gasteiger charge is 2.54. The number of fused-ring (bicyclic) bond motifs is 1. The van der Waals surface area contributed by atoms with Crippen LogP contribution in [0.1, 0.15) is 12.8 Å². The van der Waals surface area contributed by atoms with Gasteiger partial charge in [-0.05, 0) is 32.0 Å². The molecule has 22 heavy (non-hydrogen) atoms. The molecule has 1 aromatic carbocycles. The van der Waals surface area contributed by atoms with Crippen molar-refractivity contribution in [2.45, 2.75) is 18.9 Å². The number of piperazine rings is 1. The zero-order valence-electron chi connectivity index (χ0n) is 13.3. The van der Waals surface area contributed by atoms with Gasteiger partial charge in [-0.1, -0.05) is 18.2 Å². The molecule has 3 aliphatic rings. The summed E-state index contributed by atoms with van der Waals surface area (Å²) in [7, 11) is -0.486. The Labute approximate surface area is 133 Å². The van der Waals surface area contributed by atoms with E-state index in [1.165, 1.54) is 12.8 Å². The maximum atomic E-state index is 14.2. The molecule has 0 unspecified atom stereocenters. The second-order valence-corrected chi connectivity index (χ2v) is 9.24. The molecular formula is C16H25N4OP. The van der Waals surface area contributed by atoms with Crippen LogP contribution in [0.3, 0.4) is 0 Å². The van der Waals surface area contributed by atoms with Gasteiger partial charge in [0, 0.05) is 51.0 Å². The van der Waals surface area contributed by atoms with Crippen molar-refractivity contribution < 1.29 is 4.57 Å². The molecule has 2 atom stereocenters. The molecule has 0 bridgehead atoms. The van der Waals surface area contributed by atoms with Crippen LogP contribution in [0.5, 0.6) is 0 Å². The van der Waals surface area contributed by atoms with Gasteiger partial charge in [-0.3, -0.25) is 9.24 Å². The van der Waals surface area contributed by atoms with Crippen molar-refractivity contribution in [1.82, 2.24) is 14.2 Å². The topological polar surface area (TPSA) is 30.0 Å². The first-order valence-electron chi connectivity index (χ1n) is 8.34. The van der Waals surface area contributed by atoms with Gasteiger partial charge >= 0.3 is 7.59 Å². The zero-order chi connectivity index (χ0) is 15.2. The fourth-order valence-corrected chi connectivity index (χ4v) is 7.48. The number of hydrogen-bond donors (Lipinski definition) is 0. The highest BCUT2D eigenvalue weighted by molar-refractivity contribution is 7.61. The third kappa shape index (κ3) is 2.23. The Morgan fingerprint density at radius 2 is 1.77 bits per heavy atom. The number of hydrogen-bond acceptors (Lipinski definition) is 2. The molecule has 0 amide bonds. The second-order valence-electron chi connectivity index (χ2n) is 6.65. The first-order chi connectivity index (χ1) is 10.7. The molecule has 1 aromatic rings. The number of rotatable bonds is 2. The maximum absolute atomic E-state index is 14.2. The smallest absolute Gasteiger partial charge is 0.304 e. The number of benzene rings is 1. The van der Waals surface area contributed by atoms with Crippen LogP contribution in [-0.4, -0.2) is 66.6 Å². The molecule has 0 radical (unpaired) electrons. The predicted octanol–water partition coefficient (Wildman–Crippen LogP) is 2.33. The minimum absolute atomic E-state index is 0.464. The SMILES string of the molecule is CN1CCN([P@]2(=O)N(c3ccccc3)C[C@@H]3CCCN32)CC1. The van der Waals surface area contributed by atoms with Gasteiger partial charge in [0.2, 0.25) is 0 Å². The lowest BCUT2D eigenvalue weighted by Gasteiger charge is -2.42. The summed E-state index contributed by atoms with van der Waals surface area (Å²) in [5.41, 5.74) is 1.11. The van der Waals surface area contributed by atoms with E-state index in [4.69, 9.17) is 0 Å². The highest BCUT2D eigenvalue weighted by Crippen LogP contribution is 2.64. The Kier molecular flexibility index (Phi) is 3.77. The molecule has 5 nitrogen and oxygen atoms in total. The van der Waals surface area contributed by atoms with Gasteiger partial charge < -0.3 is 4.90 Å². The predicted molar refractivity (Wildman–Crippen MR) is 90.2 cm³/mol. The Balaban J connectivity index is 1.70. The summed E-state index contributed by atoms with van der Waals surface area (Å²) in [6.07, 6.45) is 2.37. The zero-order valence-corrected chi connectivity index (χ0v) is 14.2. The van der Waals surface area contributed by atoms with Crippen molar-refractivity contribution in [3.63, 3.8) is 0 Å². The summed E-state index contributed by atoms with van der Waals surface area (Å²) < 4.78 is 21.0. The van der Waals surface area contributed by atoms with E-state index in [2.05, 4.69) is 38.1 Å². The van der Waals surface area contributed by atoms with Gasteiger partial charge in [-0.25, -0.2) is 9.34 Å². The van der Waals surface area contributed by atoms with Crippen LogP contribution in [-0.2, 0) is 4.57 Å². The van der Waals surface area contributed by atoms with Crippen LogP contribution >= 0.6 is 7.59 Å². The number of nitrogens with zero attached hydrogens (tertiary/aromatic N) is 4. The Morgan fingerprint density at radius 3 is 2.50 bits per heavy atom. The first kappa shape index (κ1) is 14.7. The van der Waals surface area contributed by atoms with Crippen LogP contribution in [0.25, 0.3) is 0 Å². The maximum Gasteiger partial charge on any atom is 0.311 e. The van der Waals surface area contributed by atoms with Crippen molar-refractivity contribution in [2.24, 2.45) is 0 Å². The molecule has 4 rings (SSSR count). The lowest BCUT2D eigenvalue weighted by atomic mass is 10.2. The van der Waals surface area contributed by atoms with E-state index < -0.39 is 7.59 Å². The van der Waals surface area contributed by atoms with Crippen molar-refractivity contribution in [3.8, 4) is 0 Å². The van der Waals surface area contributed by atoms with Crippen LogP contribution < -0.4 is 4.67 Å². The summed E-state index contributed by atoms with van der Waals surface area (Å²) in [5, 5.41) is 0. The minimum Gasteiger partial charge on any atom is -0.304 e. The number of anilines is 1. The van der Waals surface area contributed by atoms with Gasteiger partial charge in [-0.15, -0.1) is 0 Å². The van der Waals surface area contributed by atoms with Crippen LogP contribution in [0, 0.1) is 0 Å². The van der Waals surface area contributed by atoms with E-state index in [9.17, 15) is 4.57 Å². The first-order valence-corrected chi connectivity index (χ1v) is 9.90. The lowest BCUT2D eigenvalue weighted by Crippen LogP contribution is -2.46. The largest absolute Gasteiger partial charge is 0.311 e. The molecule has 0 spiro atoms. The number of likely N-dealkylation sites (N-methyl/N-ethyl adjacent to an activating group) is 1. The molecule has 6 heteroatoms. The van der Waals surface area contributed by atoms with Gasteiger partial charge in [0.05, 0.1) is 0 Å². The molecule has 0 aliphatic carbocycles. The second kappa shape index (κ2) is 5.64. The minimum atomic E-state index is -2.63. The third-order valence-corrected chi connectivity index (χ3v) is 8.64. The summed E-state index contributed by atoms with van der Waals surface area (Å²) in [6, 6.07) is 10.8. The molecule has 0 N–H and O–H groups in total. The molecule has 0 saturated carbocycles. The molecule has 3 fully saturated rings. The van der Waals surface area contributed by atoms with E-state index in [0.717, 1.165) is 45.0 Å². The van der Waals surface area contributed by atoms with Crippen LogP contribution in [0.4, 0.5) is 5.69 Å². The highest BCUT2D eigenvalue weighted by atomic mass is 31.2.